The number of nitrogens with zero attached hydrogens (tertiary/aromatic N) is 4. The molecule has 0 N–H and O–H groups in total. The maximum atomic E-state index is 11.2. The molecule has 20 heavy (non-hydrogen) atoms. The maximum absolute atomic E-state index is 11.2. The smallest absolute Gasteiger partial charge is 0.312 e. The van der Waals surface area contributed by atoms with Crippen LogP contribution in [-0.2, 0) is 6.42 Å². The molecule has 0 saturated heterocycles. The molecule has 0 spiro atoms. The lowest BCUT2D eigenvalue weighted by molar-refractivity contribution is -0.384. The third-order valence-electron chi connectivity index (χ3n) is 2.84. The number of imidazole rings is 1. The Balaban J connectivity index is 2.63. The summed E-state index contributed by atoms with van der Waals surface area (Å²) in [6.07, 6.45) is 3.37. The Labute approximate surface area is 116 Å². The van der Waals surface area contributed by atoms with E-state index in [0.29, 0.717) is 5.88 Å². The Hall–Kier alpha value is -2.44. The maximum Gasteiger partial charge on any atom is 0.312 e. The first-order valence-electron chi connectivity index (χ1n) is 6.31. The highest BCUT2D eigenvalue weighted by Gasteiger charge is 2.20. The summed E-state index contributed by atoms with van der Waals surface area (Å²) >= 11 is 0. The van der Waals surface area contributed by atoms with E-state index in [1.807, 2.05) is 13.8 Å². The molecule has 7 nitrogen and oxygen atoms in total. The lowest BCUT2D eigenvalue weighted by atomic mass is 10.3. The van der Waals surface area contributed by atoms with Crippen LogP contribution in [0.2, 0.25) is 0 Å². The molecular formula is C13H16N4O3. The first kappa shape index (κ1) is 14.0. The van der Waals surface area contributed by atoms with Crippen molar-refractivity contribution in [2.75, 3.05) is 7.11 Å². The molecular weight excluding hydrogens is 260 g/mol. The predicted octanol–water partition coefficient (Wildman–Crippen LogP) is 2.45. The number of hydrogen-bond donors (Lipinski definition) is 0. The highest BCUT2D eigenvalue weighted by Crippen LogP contribution is 2.25. The normalized spacial score (nSPS) is 10.6. The largest absolute Gasteiger partial charge is 0.481 e. The SMILES string of the molecule is CCCc1nc(C)cn1-c1nc(OC)ccc1[N+](=O)[O-]. The van der Waals surface area contributed by atoms with Crippen molar-refractivity contribution in [1.82, 2.24) is 14.5 Å². The molecule has 0 unspecified atom stereocenters. The van der Waals surface area contributed by atoms with Gasteiger partial charge in [0.25, 0.3) is 0 Å². The number of aryl methyl sites for hydroxylation is 2. The van der Waals surface area contributed by atoms with E-state index in [-0.39, 0.29) is 11.5 Å². The summed E-state index contributed by atoms with van der Waals surface area (Å²) in [5.41, 5.74) is 0.730. The standard InChI is InChI=1S/C13H16N4O3/c1-4-5-11-14-9(2)8-16(11)13-10(17(18)19)6-7-12(15-13)20-3/h6-8H,4-5H2,1-3H3. The molecule has 2 heterocycles. The summed E-state index contributed by atoms with van der Waals surface area (Å²) in [5, 5.41) is 11.2. The third-order valence-corrected chi connectivity index (χ3v) is 2.84. The topological polar surface area (TPSA) is 83.1 Å². The second-order valence-electron chi connectivity index (χ2n) is 4.37. The van der Waals surface area contributed by atoms with Gasteiger partial charge in [-0.05, 0) is 13.3 Å². The number of nitro groups is 1. The van der Waals surface area contributed by atoms with Gasteiger partial charge in [-0.1, -0.05) is 6.92 Å². The molecule has 0 saturated carbocycles. The van der Waals surface area contributed by atoms with Crippen molar-refractivity contribution >= 4 is 5.69 Å². The Morgan fingerprint density at radius 2 is 2.15 bits per heavy atom. The van der Waals surface area contributed by atoms with Gasteiger partial charge in [0.05, 0.1) is 17.7 Å². The number of pyridine rings is 1. The molecule has 0 fully saturated rings. The minimum Gasteiger partial charge on any atom is -0.481 e. The second kappa shape index (κ2) is 5.68. The molecule has 0 atom stereocenters. The number of hydrogen-bond acceptors (Lipinski definition) is 5. The van der Waals surface area contributed by atoms with E-state index < -0.39 is 4.92 Å². The molecule has 0 aliphatic rings. The fraction of sp³-hybridized carbons (Fsp3) is 0.385. The van der Waals surface area contributed by atoms with Crippen LogP contribution >= 0.6 is 0 Å². The molecule has 7 heteroatoms. The van der Waals surface area contributed by atoms with E-state index in [9.17, 15) is 10.1 Å². The van der Waals surface area contributed by atoms with Gasteiger partial charge in [0.15, 0.2) is 0 Å². The van der Waals surface area contributed by atoms with Gasteiger partial charge in [0, 0.05) is 24.8 Å². The van der Waals surface area contributed by atoms with Gasteiger partial charge in [0.2, 0.25) is 11.7 Å². The Morgan fingerprint density at radius 1 is 1.40 bits per heavy atom. The van der Waals surface area contributed by atoms with Crippen LogP contribution in [-0.4, -0.2) is 26.6 Å². The van der Waals surface area contributed by atoms with Crippen molar-refractivity contribution < 1.29 is 9.66 Å². The van der Waals surface area contributed by atoms with Gasteiger partial charge in [-0.3, -0.25) is 14.7 Å². The number of aromatic nitrogens is 3. The Kier molecular flexibility index (Phi) is 3.97. The number of rotatable bonds is 5. The van der Waals surface area contributed by atoms with Crippen molar-refractivity contribution in [2.24, 2.45) is 0 Å². The molecule has 0 aromatic carbocycles. The zero-order chi connectivity index (χ0) is 14.7. The third kappa shape index (κ3) is 2.61. The van der Waals surface area contributed by atoms with E-state index in [4.69, 9.17) is 4.74 Å². The predicted molar refractivity (Wildman–Crippen MR) is 73.3 cm³/mol. The van der Waals surface area contributed by atoms with Crippen LogP contribution in [0.4, 0.5) is 5.69 Å². The highest BCUT2D eigenvalue weighted by atomic mass is 16.6. The first-order chi connectivity index (χ1) is 9.56. The molecule has 2 rings (SSSR count). The van der Waals surface area contributed by atoms with Gasteiger partial charge >= 0.3 is 5.69 Å². The van der Waals surface area contributed by atoms with Crippen LogP contribution in [0.3, 0.4) is 0 Å². The zero-order valence-corrected chi connectivity index (χ0v) is 11.7. The average molecular weight is 276 g/mol. The minimum atomic E-state index is -0.452. The summed E-state index contributed by atoms with van der Waals surface area (Å²) in [4.78, 5) is 19.3. The van der Waals surface area contributed by atoms with Crippen LogP contribution in [0.15, 0.2) is 18.3 Å². The van der Waals surface area contributed by atoms with E-state index in [2.05, 4.69) is 9.97 Å². The molecule has 0 aliphatic carbocycles. The second-order valence-corrected chi connectivity index (χ2v) is 4.37. The van der Waals surface area contributed by atoms with E-state index >= 15 is 0 Å². The van der Waals surface area contributed by atoms with Gasteiger partial charge in [-0.15, -0.1) is 0 Å². The molecule has 0 amide bonds. The van der Waals surface area contributed by atoms with Crippen molar-refractivity contribution in [1.29, 1.82) is 0 Å². The number of ether oxygens (including phenoxy) is 1. The minimum absolute atomic E-state index is 0.0689. The summed E-state index contributed by atoms with van der Waals surface area (Å²) in [6.45, 7) is 3.88. The van der Waals surface area contributed by atoms with Crippen LogP contribution in [0.1, 0.15) is 24.9 Å². The lowest BCUT2D eigenvalue weighted by Crippen LogP contribution is -2.07. The number of methoxy groups -OCH3 is 1. The Morgan fingerprint density at radius 3 is 2.75 bits per heavy atom. The molecule has 2 aromatic heterocycles. The van der Waals surface area contributed by atoms with Crippen molar-refractivity contribution in [3.05, 3.63) is 40.0 Å². The summed E-state index contributed by atoms with van der Waals surface area (Å²) in [7, 11) is 1.48. The van der Waals surface area contributed by atoms with Gasteiger partial charge in [-0.2, -0.15) is 4.98 Å². The summed E-state index contributed by atoms with van der Waals surface area (Å²) in [6, 6.07) is 2.87. The zero-order valence-electron chi connectivity index (χ0n) is 11.7. The van der Waals surface area contributed by atoms with Gasteiger partial charge < -0.3 is 4.74 Å². The van der Waals surface area contributed by atoms with E-state index in [0.717, 1.165) is 24.4 Å². The van der Waals surface area contributed by atoms with E-state index in [1.54, 1.807) is 10.8 Å². The van der Waals surface area contributed by atoms with Gasteiger partial charge in [-0.25, -0.2) is 4.98 Å². The van der Waals surface area contributed by atoms with Gasteiger partial charge in [0.1, 0.15) is 5.82 Å². The fourth-order valence-electron chi connectivity index (χ4n) is 1.99. The van der Waals surface area contributed by atoms with Crippen LogP contribution in [0.5, 0.6) is 5.88 Å². The van der Waals surface area contributed by atoms with Crippen molar-refractivity contribution in [3.63, 3.8) is 0 Å². The monoisotopic (exact) mass is 276 g/mol. The van der Waals surface area contributed by atoms with Crippen LogP contribution in [0.25, 0.3) is 5.82 Å². The Bertz CT molecular complexity index is 637. The van der Waals surface area contributed by atoms with E-state index in [1.165, 1.54) is 19.2 Å². The van der Waals surface area contributed by atoms with Crippen LogP contribution in [0, 0.1) is 17.0 Å². The fourth-order valence-corrected chi connectivity index (χ4v) is 1.99. The van der Waals surface area contributed by atoms with Crippen LogP contribution < -0.4 is 4.74 Å². The van der Waals surface area contributed by atoms with Crippen molar-refractivity contribution in [2.45, 2.75) is 26.7 Å². The summed E-state index contributed by atoms with van der Waals surface area (Å²) < 4.78 is 6.72. The highest BCUT2D eigenvalue weighted by molar-refractivity contribution is 5.49. The average Bonchev–Trinajstić information content (AvgIpc) is 2.79. The van der Waals surface area contributed by atoms with Crippen molar-refractivity contribution in [3.8, 4) is 11.7 Å². The quantitative estimate of drug-likeness (QED) is 0.618. The first-order valence-corrected chi connectivity index (χ1v) is 6.31. The lowest BCUT2D eigenvalue weighted by Gasteiger charge is -2.08. The summed E-state index contributed by atoms with van der Waals surface area (Å²) in [5.74, 6) is 1.33. The molecule has 0 radical (unpaired) electrons. The molecule has 0 aliphatic heterocycles. The molecule has 0 bridgehead atoms. The molecule has 2 aromatic rings. The molecule has 106 valence electrons.